The predicted octanol–water partition coefficient (Wildman–Crippen LogP) is 3.00. The first-order valence-electron chi connectivity index (χ1n) is 9.47. The normalized spacial score (nSPS) is 17.1. The van der Waals surface area contributed by atoms with Crippen LogP contribution in [0.15, 0.2) is 54.6 Å². The van der Waals surface area contributed by atoms with Gasteiger partial charge in [-0.05, 0) is 17.7 Å². The molecule has 2 aromatic rings. The van der Waals surface area contributed by atoms with E-state index in [2.05, 4.69) is 10.2 Å². The van der Waals surface area contributed by atoms with Gasteiger partial charge in [0.2, 0.25) is 5.91 Å². The second kappa shape index (κ2) is 9.39. The molecule has 156 valence electrons. The maximum Gasteiger partial charge on any atom is 0.418 e. The highest BCUT2D eigenvalue weighted by atomic mass is 19.4. The van der Waals surface area contributed by atoms with Crippen molar-refractivity contribution in [3.8, 4) is 0 Å². The highest BCUT2D eigenvalue weighted by Crippen LogP contribution is 2.34. The Hall–Kier alpha value is -2.42. The van der Waals surface area contributed by atoms with Crippen molar-refractivity contribution in [3.05, 3.63) is 65.7 Å². The van der Waals surface area contributed by atoms with Gasteiger partial charge in [-0.15, -0.1) is 0 Å². The Morgan fingerprint density at radius 2 is 1.55 bits per heavy atom. The van der Waals surface area contributed by atoms with E-state index in [1.165, 1.54) is 18.2 Å². The van der Waals surface area contributed by atoms with Gasteiger partial charge in [0.1, 0.15) is 0 Å². The number of β-amino-alcohol motifs (C(OH)–C–C–N with tert-alkyl or cyclic N) is 1. The molecule has 2 aromatic carbocycles. The average molecular weight is 407 g/mol. The van der Waals surface area contributed by atoms with E-state index in [0.29, 0.717) is 32.7 Å². The van der Waals surface area contributed by atoms with Crippen LogP contribution in [0.5, 0.6) is 0 Å². The standard InChI is InChI=1S/C21H24F3N3O2/c22-21(23,24)17-8-4-5-9-18(17)25-20(29)15-27-12-10-26(11-13-27)14-19(28)16-6-2-1-3-7-16/h1-9,19,28H,10-15H2,(H,25,29)/t19-/m1/s1. The first kappa shape index (κ1) is 21.3. The molecule has 1 heterocycles. The maximum absolute atomic E-state index is 13.0. The molecule has 0 spiro atoms. The van der Waals surface area contributed by atoms with E-state index in [9.17, 15) is 23.1 Å². The van der Waals surface area contributed by atoms with Crippen molar-refractivity contribution in [3.63, 3.8) is 0 Å². The molecule has 1 aliphatic heterocycles. The van der Waals surface area contributed by atoms with Crippen molar-refractivity contribution in [2.45, 2.75) is 12.3 Å². The molecular weight excluding hydrogens is 383 g/mol. The predicted molar refractivity (Wildman–Crippen MR) is 104 cm³/mol. The molecule has 0 bridgehead atoms. The lowest BCUT2D eigenvalue weighted by atomic mass is 10.1. The first-order chi connectivity index (χ1) is 13.8. The number of aliphatic hydroxyl groups excluding tert-OH is 1. The van der Waals surface area contributed by atoms with Crippen molar-refractivity contribution in [1.82, 2.24) is 9.80 Å². The molecular formula is C21H24F3N3O2. The fourth-order valence-corrected chi connectivity index (χ4v) is 3.39. The number of hydrogen-bond acceptors (Lipinski definition) is 4. The summed E-state index contributed by atoms with van der Waals surface area (Å²) in [5.41, 5.74) is -0.222. The molecule has 5 nitrogen and oxygen atoms in total. The summed E-state index contributed by atoms with van der Waals surface area (Å²) in [5.74, 6) is -0.473. The summed E-state index contributed by atoms with van der Waals surface area (Å²) in [4.78, 5) is 16.2. The monoisotopic (exact) mass is 407 g/mol. The first-order valence-corrected chi connectivity index (χ1v) is 9.47. The van der Waals surface area contributed by atoms with Gasteiger partial charge in [0.25, 0.3) is 0 Å². The number of carbonyl (C=O) groups excluding carboxylic acids is 1. The Bertz CT molecular complexity index is 806. The highest BCUT2D eigenvalue weighted by molar-refractivity contribution is 5.93. The number of aliphatic hydroxyl groups is 1. The van der Waals surface area contributed by atoms with Crippen LogP contribution in [-0.4, -0.2) is 60.1 Å². The Labute approximate surface area is 167 Å². The third-order valence-electron chi connectivity index (χ3n) is 4.95. The molecule has 8 heteroatoms. The number of hydrogen-bond donors (Lipinski definition) is 2. The lowest BCUT2D eigenvalue weighted by molar-refractivity contribution is -0.137. The third kappa shape index (κ3) is 6.03. The Morgan fingerprint density at radius 1 is 0.966 bits per heavy atom. The molecule has 29 heavy (non-hydrogen) atoms. The summed E-state index contributed by atoms with van der Waals surface area (Å²) in [7, 11) is 0. The molecule has 1 amide bonds. The highest BCUT2D eigenvalue weighted by Gasteiger charge is 2.33. The minimum atomic E-state index is -4.52. The number of nitrogens with zero attached hydrogens (tertiary/aromatic N) is 2. The molecule has 1 atom stereocenters. The fourth-order valence-electron chi connectivity index (χ4n) is 3.39. The maximum atomic E-state index is 13.0. The van der Waals surface area contributed by atoms with E-state index in [1.807, 2.05) is 35.2 Å². The fraction of sp³-hybridized carbons (Fsp3) is 0.381. The van der Waals surface area contributed by atoms with Gasteiger partial charge in [-0.3, -0.25) is 14.6 Å². The van der Waals surface area contributed by atoms with Crippen molar-refractivity contribution in [2.24, 2.45) is 0 Å². The van der Waals surface area contributed by atoms with Gasteiger partial charge in [0, 0.05) is 32.7 Å². The summed E-state index contributed by atoms with van der Waals surface area (Å²) in [5, 5.41) is 12.7. The van der Waals surface area contributed by atoms with Crippen LogP contribution in [0.4, 0.5) is 18.9 Å². The second-order valence-electron chi connectivity index (χ2n) is 7.09. The van der Waals surface area contributed by atoms with Crippen LogP contribution in [0.1, 0.15) is 17.2 Å². The molecule has 0 aromatic heterocycles. The van der Waals surface area contributed by atoms with E-state index < -0.39 is 23.8 Å². The van der Waals surface area contributed by atoms with Crippen LogP contribution in [0.25, 0.3) is 0 Å². The van der Waals surface area contributed by atoms with Crippen molar-refractivity contribution in [1.29, 1.82) is 0 Å². The van der Waals surface area contributed by atoms with Gasteiger partial charge in [-0.1, -0.05) is 42.5 Å². The van der Waals surface area contributed by atoms with Crippen LogP contribution in [0.3, 0.4) is 0 Å². The third-order valence-corrected chi connectivity index (χ3v) is 4.95. The number of carbonyl (C=O) groups is 1. The molecule has 3 rings (SSSR count). The van der Waals surface area contributed by atoms with Gasteiger partial charge in [-0.25, -0.2) is 0 Å². The zero-order valence-electron chi connectivity index (χ0n) is 15.9. The Balaban J connectivity index is 1.47. The number of anilines is 1. The number of nitrogens with one attached hydrogen (secondary N) is 1. The topological polar surface area (TPSA) is 55.8 Å². The van der Waals surface area contributed by atoms with Gasteiger partial charge in [-0.2, -0.15) is 13.2 Å². The summed E-state index contributed by atoms with van der Waals surface area (Å²) in [6.45, 7) is 3.10. The number of alkyl halides is 3. The molecule has 1 aliphatic rings. The SMILES string of the molecule is O=C(CN1CCN(C[C@@H](O)c2ccccc2)CC1)Nc1ccccc1C(F)(F)F. The quantitative estimate of drug-likeness (QED) is 0.773. The second-order valence-corrected chi connectivity index (χ2v) is 7.09. The number of piperazine rings is 1. The minimum Gasteiger partial charge on any atom is -0.387 e. The van der Waals surface area contributed by atoms with Gasteiger partial charge < -0.3 is 10.4 Å². The molecule has 0 saturated carbocycles. The van der Waals surface area contributed by atoms with Crippen molar-refractivity contribution < 1.29 is 23.1 Å². The zero-order chi connectivity index (χ0) is 20.9. The average Bonchev–Trinajstić information content (AvgIpc) is 2.69. The van der Waals surface area contributed by atoms with Gasteiger partial charge >= 0.3 is 6.18 Å². The molecule has 0 radical (unpaired) electrons. The van der Waals surface area contributed by atoms with E-state index in [0.717, 1.165) is 11.6 Å². The molecule has 0 aliphatic carbocycles. The van der Waals surface area contributed by atoms with Crippen molar-refractivity contribution >= 4 is 11.6 Å². The summed E-state index contributed by atoms with van der Waals surface area (Å²) in [6.07, 6.45) is -5.10. The molecule has 2 N–H and O–H groups in total. The number of rotatable bonds is 6. The Kier molecular flexibility index (Phi) is 6.89. The van der Waals surface area contributed by atoms with Crippen molar-refractivity contribution in [2.75, 3.05) is 44.6 Å². The summed E-state index contributed by atoms with van der Waals surface area (Å²) in [6, 6.07) is 14.4. The lowest BCUT2D eigenvalue weighted by Crippen LogP contribution is -2.49. The van der Waals surface area contributed by atoms with Crippen LogP contribution < -0.4 is 5.32 Å². The van der Waals surface area contributed by atoms with Crippen LogP contribution in [-0.2, 0) is 11.0 Å². The molecule has 1 fully saturated rings. The largest absolute Gasteiger partial charge is 0.418 e. The number of halogens is 3. The van der Waals surface area contributed by atoms with E-state index in [-0.39, 0.29) is 12.2 Å². The summed E-state index contributed by atoms with van der Waals surface area (Å²) >= 11 is 0. The van der Waals surface area contributed by atoms with Gasteiger partial charge in [0.15, 0.2) is 0 Å². The smallest absolute Gasteiger partial charge is 0.387 e. The van der Waals surface area contributed by atoms with Gasteiger partial charge in [0.05, 0.1) is 23.9 Å². The number of para-hydroxylation sites is 1. The van der Waals surface area contributed by atoms with Crippen LogP contribution >= 0.6 is 0 Å². The molecule has 1 saturated heterocycles. The van der Waals surface area contributed by atoms with E-state index in [4.69, 9.17) is 0 Å². The number of amides is 1. The summed E-state index contributed by atoms with van der Waals surface area (Å²) < 4.78 is 39.1. The van der Waals surface area contributed by atoms with E-state index >= 15 is 0 Å². The minimum absolute atomic E-state index is 0.0290. The molecule has 0 unspecified atom stereocenters. The van der Waals surface area contributed by atoms with E-state index in [1.54, 1.807) is 0 Å². The lowest BCUT2D eigenvalue weighted by Gasteiger charge is -2.35. The number of benzene rings is 2. The van der Waals surface area contributed by atoms with Crippen LogP contribution in [0.2, 0.25) is 0 Å². The Morgan fingerprint density at radius 3 is 2.21 bits per heavy atom. The zero-order valence-corrected chi connectivity index (χ0v) is 15.9. The van der Waals surface area contributed by atoms with Crippen LogP contribution in [0, 0.1) is 0 Å².